The van der Waals surface area contributed by atoms with Gasteiger partial charge in [0.2, 0.25) is 0 Å². The van der Waals surface area contributed by atoms with Gasteiger partial charge in [0.1, 0.15) is 9.68 Å². The van der Waals surface area contributed by atoms with E-state index in [0.717, 1.165) is 5.50 Å². The summed E-state index contributed by atoms with van der Waals surface area (Å²) in [4.78, 5) is 0. The maximum absolute atomic E-state index is 5.42. The van der Waals surface area contributed by atoms with E-state index in [1.54, 1.807) is 0 Å². The van der Waals surface area contributed by atoms with Crippen molar-refractivity contribution in [3.8, 4) is 0 Å². The van der Waals surface area contributed by atoms with Crippen LogP contribution in [0.25, 0.3) is 0 Å². The van der Waals surface area contributed by atoms with Crippen LogP contribution in [0.4, 0.5) is 0 Å². The average molecular weight is 124 g/mol. The first-order valence-corrected chi connectivity index (χ1v) is 4.14. The normalized spacial score (nSPS) is 12.0. The van der Waals surface area contributed by atoms with Gasteiger partial charge in [-0.25, -0.2) is 0 Å². The first kappa shape index (κ1) is 6.47. The smallest absolute Gasteiger partial charge is 0.109 e. The molecule has 0 aromatic heterocycles. The van der Waals surface area contributed by atoms with E-state index in [1.165, 1.54) is 0 Å². The Morgan fingerprint density at radius 3 is 2.17 bits per heavy atom. The van der Waals surface area contributed by atoms with Crippen LogP contribution in [0.1, 0.15) is 0 Å². The number of hydrogen-bond donors (Lipinski definition) is 0. The fourth-order valence-electron chi connectivity index (χ4n) is 0.169. The van der Waals surface area contributed by atoms with Gasteiger partial charge in [0.15, 0.2) is 0 Å². The Balaban J connectivity index is 2.63. The lowest BCUT2D eigenvalue weighted by molar-refractivity contribution is 0.664. The van der Waals surface area contributed by atoms with Crippen LogP contribution < -0.4 is 0 Å². The minimum atomic E-state index is -0.0448. The van der Waals surface area contributed by atoms with Gasteiger partial charge in [-0.05, 0) is 14.1 Å². The van der Waals surface area contributed by atoms with Crippen molar-refractivity contribution in [2.75, 3.05) is 19.6 Å². The Hall–Kier alpha value is 0.467. The van der Waals surface area contributed by atoms with E-state index >= 15 is 0 Å². The van der Waals surface area contributed by atoms with Gasteiger partial charge in [-0.15, -0.1) is 11.6 Å². The summed E-state index contributed by atoms with van der Waals surface area (Å²) in [6.45, 7) is 0. The molecule has 0 amide bonds. The third-order valence-electron chi connectivity index (χ3n) is 0.532. The van der Waals surface area contributed by atoms with Crippen molar-refractivity contribution in [2.45, 2.75) is 0 Å². The molecule has 0 atom stereocenters. The molecule has 6 heavy (non-hydrogen) atoms. The molecule has 3 heteroatoms. The number of halogens is 1. The molecule has 0 saturated heterocycles. The zero-order valence-electron chi connectivity index (χ0n) is 4.24. The second kappa shape index (κ2) is 3.65. The highest BCUT2D eigenvalue weighted by atomic mass is 35.5. The number of hydrogen-bond acceptors (Lipinski definition) is 1. The second-order valence-electron chi connectivity index (χ2n) is 1.49. The summed E-state index contributed by atoms with van der Waals surface area (Å²) >= 11 is 5.42. The summed E-state index contributed by atoms with van der Waals surface area (Å²) in [5.41, 5.74) is 0.868. The van der Waals surface area contributed by atoms with E-state index in [4.69, 9.17) is 11.6 Å². The van der Waals surface area contributed by atoms with E-state index in [2.05, 4.69) is 18.7 Å². The molecular weight excluding hydrogens is 114 g/mol. The number of rotatable bonds is 2. The van der Waals surface area contributed by atoms with Crippen molar-refractivity contribution >= 4 is 21.3 Å². The molecule has 0 aromatic carbocycles. The Kier molecular flexibility index (Phi) is 3.93. The van der Waals surface area contributed by atoms with Crippen LogP contribution in [0.5, 0.6) is 0 Å². The minimum absolute atomic E-state index is 0.0448. The van der Waals surface area contributed by atoms with Crippen LogP contribution in [0.3, 0.4) is 0 Å². The van der Waals surface area contributed by atoms with Crippen LogP contribution in [-0.4, -0.2) is 33.8 Å². The molecule has 0 heterocycles. The van der Waals surface area contributed by atoms with Gasteiger partial charge in [0.25, 0.3) is 0 Å². The third-order valence-corrected chi connectivity index (χ3v) is 2.10. The molecule has 0 unspecified atom stereocenters. The van der Waals surface area contributed by atoms with Crippen molar-refractivity contribution in [1.82, 2.24) is 4.57 Å². The lowest BCUT2D eigenvalue weighted by Gasteiger charge is -2.02. The van der Waals surface area contributed by atoms with Gasteiger partial charge in [0, 0.05) is 5.50 Å². The topological polar surface area (TPSA) is 3.24 Å². The zero-order chi connectivity index (χ0) is 4.99. The lowest BCUT2D eigenvalue weighted by atomic mass is 11.3. The van der Waals surface area contributed by atoms with Crippen LogP contribution in [0, 0.1) is 0 Å². The lowest BCUT2D eigenvalue weighted by Crippen LogP contribution is -2.18. The van der Waals surface area contributed by atoms with Crippen molar-refractivity contribution in [3.05, 3.63) is 0 Å². The van der Waals surface area contributed by atoms with Gasteiger partial charge in [-0.2, -0.15) is 0 Å². The van der Waals surface area contributed by atoms with Gasteiger partial charge in [-0.1, -0.05) is 0 Å². The number of alkyl halides is 1. The van der Waals surface area contributed by atoms with E-state index in [0.29, 0.717) is 0 Å². The molecule has 0 N–H and O–H groups in total. The molecular formula is C3H10ClNSi. The van der Waals surface area contributed by atoms with E-state index in [1.807, 2.05) is 0 Å². The van der Waals surface area contributed by atoms with Crippen molar-refractivity contribution in [3.63, 3.8) is 0 Å². The largest absolute Gasteiger partial charge is 0.333 e. The van der Waals surface area contributed by atoms with Gasteiger partial charge in [-0.3, -0.25) is 0 Å². The van der Waals surface area contributed by atoms with Crippen molar-refractivity contribution in [2.24, 2.45) is 0 Å². The highest BCUT2D eigenvalue weighted by Crippen LogP contribution is 1.71. The summed E-state index contributed by atoms with van der Waals surface area (Å²) in [7, 11) is 4.08. The summed E-state index contributed by atoms with van der Waals surface area (Å²) < 4.78 is 2.19. The third kappa shape index (κ3) is 4.47. The fourth-order valence-corrected chi connectivity index (χ4v) is 1.52. The Bertz CT molecular complexity index is 32.0. The highest BCUT2D eigenvalue weighted by molar-refractivity contribution is 6.47. The first-order valence-electron chi connectivity index (χ1n) is 1.98. The van der Waals surface area contributed by atoms with Gasteiger partial charge in [0.05, 0.1) is 0 Å². The predicted octanol–water partition coefficient (Wildman–Crippen LogP) is -0.172. The van der Waals surface area contributed by atoms with Crippen LogP contribution in [-0.2, 0) is 0 Å². The molecule has 0 aromatic rings. The molecule has 38 valence electrons. The molecule has 0 fully saturated rings. The molecule has 0 spiro atoms. The summed E-state index contributed by atoms with van der Waals surface area (Å²) in [5, 5.41) is 0. The van der Waals surface area contributed by atoms with E-state index < -0.39 is 0 Å². The van der Waals surface area contributed by atoms with Crippen LogP contribution in [0.2, 0.25) is 0 Å². The zero-order valence-corrected chi connectivity index (χ0v) is 6.41. The Labute approximate surface area is 46.2 Å². The minimum Gasteiger partial charge on any atom is -0.333 e. The van der Waals surface area contributed by atoms with Crippen molar-refractivity contribution < 1.29 is 0 Å². The summed E-state index contributed by atoms with van der Waals surface area (Å²) in [6.07, 6.45) is 0. The van der Waals surface area contributed by atoms with E-state index in [-0.39, 0.29) is 9.68 Å². The summed E-state index contributed by atoms with van der Waals surface area (Å²) in [5.74, 6) is 0. The molecule has 0 rings (SSSR count). The molecule has 0 aliphatic carbocycles. The van der Waals surface area contributed by atoms with Crippen molar-refractivity contribution in [1.29, 1.82) is 0 Å². The molecule has 1 nitrogen and oxygen atoms in total. The first-order chi connectivity index (χ1) is 2.77. The molecule has 0 aliphatic rings. The number of nitrogens with zero attached hydrogens (tertiary/aromatic N) is 1. The second-order valence-corrected chi connectivity index (χ2v) is 4.72. The van der Waals surface area contributed by atoms with Gasteiger partial charge >= 0.3 is 0 Å². The SMILES string of the molecule is CN(C)[SiH2]CCl. The maximum atomic E-state index is 5.42. The molecule has 0 bridgehead atoms. The standard InChI is InChI=1S/C3H10ClNSi/c1-5(2)6-3-4/h3,6H2,1-2H3. The quantitative estimate of drug-likeness (QED) is 0.364. The maximum Gasteiger partial charge on any atom is 0.109 e. The Morgan fingerprint density at radius 2 is 2.17 bits per heavy atom. The van der Waals surface area contributed by atoms with E-state index in [9.17, 15) is 0 Å². The monoisotopic (exact) mass is 123 g/mol. The van der Waals surface area contributed by atoms with Crippen LogP contribution in [0.15, 0.2) is 0 Å². The fraction of sp³-hybridized carbons (Fsp3) is 1.00. The molecule has 0 radical (unpaired) electrons. The van der Waals surface area contributed by atoms with Crippen LogP contribution >= 0.6 is 11.6 Å². The highest BCUT2D eigenvalue weighted by Gasteiger charge is 1.82. The predicted molar refractivity (Wildman–Crippen MR) is 33.0 cm³/mol. The average Bonchev–Trinajstić information content (AvgIpc) is 1.35. The summed E-state index contributed by atoms with van der Waals surface area (Å²) in [6, 6.07) is 0. The molecule has 0 aliphatic heterocycles. The Morgan fingerprint density at radius 1 is 1.67 bits per heavy atom. The molecule has 0 saturated carbocycles. The van der Waals surface area contributed by atoms with Gasteiger partial charge < -0.3 is 4.57 Å².